The minimum absolute atomic E-state index is 0.180. The van der Waals surface area contributed by atoms with Crippen LogP contribution in [0.25, 0.3) is 0 Å². The second-order valence-corrected chi connectivity index (χ2v) is 4.05. The van der Waals surface area contributed by atoms with Crippen molar-refractivity contribution in [2.45, 2.75) is 19.5 Å². The van der Waals surface area contributed by atoms with Crippen molar-refractivity contribution >= 4 is 0 Å². The Morgan fingerprint density at radius 1 is 0.895 bits per heavy atom. The largest absolute Gasteiger partial charge is 0.329 e. The number of aryl methyl sites for hydroxylation is 1. The summed E-state index contributed by atoms with van der Waals surface area (Å²) in [6, 6.07) is 1.83. The van der Waals surface area contributed by atoms with Gasteiger partial charge >= 0.3 is 0 Å². The first-order valence-electron chi connectivity index (χ1n) is 5.80. The van der Waals surface area contributed by atoms with Crippen molar-refractivity contribution in [3.63, 3.8) is 0 Å². The average Bonchev–Trinajstić information content (AvgIpc) is 2.49. The van der Waals surface area contributed by atoms with E-state index in [0.717, 1.165) is 5.56 Å². The molecule has 0 bridgehead atoms. The zero-order valence-electron chi connectivity index (χ0n) is 10.4. The predicted octanol–water partition coefficient (Wildman–Crippen LogP) is 0.739. The molecule has 2 saturated heterocycles. The molecule has 3 rings (SSSR count). The van der Waals surface area contributed by atoms with Crippen LogP contribution in [0.1, 0.15) is 29.5 Å². The van der Waals surface area contributed by atoms with Crippen molar-refractivity contribution in [3.8, 4) is 0 Å². The monoisotopic (exact) mass is 270 g/mol. The predicted molar refractivity (Wildman–Crippen MR) is 58.2 cm³/mol. The maximum absolute atomic E-state index is 5.30. The summed E-state index contributed by atoms with van der Waals surface area (Å²) in [5.41, 5.74) is 2.10. The van der Waals surface area contributed by atoms with E-state index in [1.807, 2.05) is 13.0 Å². The molecule has 104 valence electrons. The highest BCUT2D eigenvalue weighted by Gasteiger charge is 2.24. The van der Waals surface area contributed by atoms with Crippen molar-refractivity contribution in [1.29, 1.82) is 0 Å². The number of aromatic nitrogens is 2. The van der Waals surface area contributed by atoms with Crippen LogP contribution in [-0.4, -0.2) is 37.4 Å². The molecule has 0 atom stereocenters. The first kappa shape index (κ1) is 12.9. The lowest BCUT2D eigenvalue weighted by molar-refractivity contribution is -0.306. The van der Waals surface area contributed by atoms with E-state index >= 15 is 0 Å². The summed E-state index contributed by atoms with van der Waals surface area (Å²) in [4.78, 5) is 0. The molecule has 3 heterocycles. The quantitative estimate of drug-likeness (QED) is 0.778. The molecule has 1 aromatic rings. The van der Waals surface area contributed by atoms with Gasteiger partial charge in [0.25, 0.3) is 0 Å². The number of nitrogens with zero attached hydrogens (tertiary/aromatic N) is 2. The smallest absolute Gasteiger partial charge is 0.208 e. The Morgan fingerprint density at radius 3 is 2.05 bits per heavy atom. The Balaban J connectivity index is 1.76. The first-order valence-corrected chi connectivity index (χ1v) is 5.80. The molecule has 8 heteroatoms. The fourth-order valence-electron chi connectivity index (χ4n) is 1.80. The zero-order chi connectivity index (χ0) is 13.1. The van der Waals surface area contributed by atoms with Crippen LogP contribution < -0.4 is 0 Å². The van der Waals surface area contributed by atoms with Gasteiger partial charge in [0, 0.05) is 0 Å². The minimum atomic E-state index is -0.550. The maximum atomic E-state index is 5.30. The summed E-state index contributed by atoms with van der Waals surface area (Å²) in [6.45, 7) is 2.62. The molecular formula is C11H14N2O6. The summed E-state index contributed by atoms with van der Waals surface area (Å²) in [6.07, 6.45) is -1.10. The Kier molecular flexibility index (Phi) is 3.97. The third kappa shape index (κ3) is 2.89. The molecule has 2 aliphatic heterocycles. The van der Waals surface area contributed by atoms with Gasteiger partial charge in [-0.25, -0.2) is 0 Å². The van der Waals surface area contributed by atoms with E-state index in [1.54, 1.807) is 0 Å². The van der Waals surface area contributed by atoms with Crippen LogP contribution in [0, 0.1) is 6.92 Å². The molecule has 0 N–H and O–H groups in total. The third-order valence-electron chi connectivity index (χ3n) is 2.72. The molecule has 19 heavy (non-hydrogen) atoms. The van der Waals surface area contributed by atoms with Gasteiger partial charge in [0.05, 0.1) is 0 Å². The van der Waals surface area contributed by atoms with E-state index in [4.69, 9.17) is 28.4 Å². The molecule has 2 aliphatic rings. The van der Waals surface area contributed by atoms with Gasteiger partial charge < -0.3 is 28.4 Å². The number of rotatable bonds is 2. The van der Waals surface area contributed by atoms with Gasteiger partial charge in [-0.1, -0.05) is 0 Å². The van der Waals surface area contributed by atoms with E-state index in [2.05, 4.69) is 10.2 Å². The van der Waals surface area contributed by atoms with Crippen molar-refractivity contribution in [2.24, 2.45) is 0 Å². The van der Waals surface area contributed by atoms with Crippen LogP contribution in [0.2, 0.25) is 0 Å². The molecule has 0 spiro atoms. The summed E-state index contributed by atoms with van der Waals surface area (Å²) in [7, 11) is 0. The summed E-state index contributed by atoms with van der Waals surface area (Å²) < 4.78 is 31.0. The summed E-state index contributed by atoms with van der Waals surface area (Å²) >= 11 is 0. The zero-order valence-corrected chi connectivity index (χ0v) is 10.4. The van der Waals surface area contributed by atoms with E-state index in [1.165, 1.54) is 0 Å². The van der Waals surface area contributed by atoms with Crippen LogP contribution in [-0.2, 0) is 28.4 Å². The second-order valence-electron chi connectivity index (χ2n) is 4.05. The molecule has 1 aromatic heterocycles. The standard InChI is InChI=1S/C11H14N2O6/c1-7-2-8(10-16-3-14-4-17-10)12-13-9(7)11-18-5-15-6-19-11/h2,10-11H,3-6H2,1H3. The number of ether oxygens (including phenoxy) is 6. The van der Waals surface area contributed by atoms with Gasteiger partial charge in [-0.05, 0) is 18.6 Å². The van der Waals surface area contributed by atoms with Crippen LogP contribution >= 0.6 is 0 Å². The highest BCUT2D eigenvalue weighted by molar-refractivity contribution is 5.21. The Morgan fingerprint density at radius 2 is 1.47 bits per heavy atom. The molecule has 0 aliphatic carbocycles. The maximum Gasteiger partial charge on any atom is 0.208 e. The van der Waals surface area contributed by atoms with Gasteiger partial charge in [-0.15, -0.1) is 10.2 Å². The topological polar surface area (TPSA) is 81.2 Å². The Labute approximate surface area is 109 Å². The Bertz CT molecular complexity index is 431. The highest BCUT2D eigenvalue weighted by atomic mass is 16.8. The molecule has 2 fully saturated rings. The average molecular weight is 270 g/mol. The van der Waals surface area contributed by atoms with Gasteiger partial charge in [0.15, 0.2) is 27.2 Å². The third-order valence-corrected chi connectivity index (χ3v) is 2.72. The lowest BCUT2D eigenvalue weighted by atomic mass is 10.2. The van der Waals surface area contributed by atoms with Gasteiger partial charge in [-0.2, -0.15) is 0 Å². The van der Waals surface area contributed by atoms with Crippen molar-refractivity contribution in [3.05, 3.63) is 23.0 Å². The molecular weight excluding hydrogens is 256 g/mol. The van der Waals surface area contributed by atoms with E-state index in [0.29, 0.717) is 11.4 Å². The van der Waals surface area contributed by atoms with Gasteiger partial charge in [0.2, 0.25) is 12.6 Å². The van der Waals surface area contributed by atoms with Crippen molar-refractivity contribution in [2.75, 3.05) is 27.2 Å². The fraction of sp³-hybridized carbons (Fsp3) is 0.636. The normalized spacial score (nSPS) is 22.6. The molecule has 0 saturated carbocycles. The number of hydrogen-bond acceptors (Lipinski definition) is 8. The van der Waals surface area contributed by atoms with Gasteiger partial charge in [-0.3, -0.25) is 0 Å². The summed E-state index contributed by atoms with van der Waals surface area (Å²) in [5.74, 6) is 0. The molecule has 0 aromatic carbocycles. The highest BCUT2D eigenvalue weighted by Crippen LogP contribution is 2.26. The lowest BCUT2D eigenvalue weighted by Crippen LogP contribution is -2.24. The van der Waals surface area contributed by atoms with E-state index in [-0.39, 0.29) is 27.2 Å². The van der Waals surface area contributed by atoms with Crippen LogP contribution in [0.15, 0.2) is 6.07 Å². The fourth-order valence-corrected chi connectivity index (χ4v) is 1.80. The van der Waals surface area contributed by atoms with E-state index in [9.17, 15) is 0 Å². The minimum Gasteiger partial charge on any atom is -0.329 e. The Hall–Kier alpha value is -1.16. The SMILES string of the molecule is Cc1cc(C2OCOCO2)nnc1C1OCOCO1. The lowest BCUT2D eigenvalue weighted by Gasteiger charge is -2.25. The molecule has 0 radical (unpaired) electrons. The molecule has 0 amide bonds. The molecule has 0 unspecified atom stereocenters. The second kappa shape index (κ2) is 5.87. The van der Waals surface area contributed by atoms with Crippen LogP contribution in [0.3, 0.4) is 0 Å². The van der Waals surface area contributed by atoms with Crippen molar-refractivity contribution in [1.82, 2.24) is 10.2 Å². The van der Waals surface area contributed by atoms with E-state index < -0.39 is 12.6 Å². The van der Waals surface area contributed by atoms with Crippen LogP contribution in [0.4, 0.5) is 0 Å². The first-order chi connectivity index (χ1) is 9.34. The van der Waals surface area contributed by atoms with Crippen molar-refractivity contribution < 1.29 is 28.4 Å². The number of hydrogen-bond donors (Lipinski definition) is 0. The summed E-state index contributed by atoms with van der Waals surface area (Å²) in [5, 5.41) is 8.20. The van der Waals surface area contributed by atoms with Gasteiger partial charge in [0.1, 0.15) is 11.4 Å². The van der Waals surface area contributed by atoms with Crippen LogP contribution in [0.5, 0.6) is 0 Å². The molecule has 8 nitrogen and oxygen atoms in total.